The van der Waals surface area contributed by atoms with Gasteiger partial charge in [0.05, 0.1) is 10.0 Å². The molecular weight excluding hydrogens is 299 g/mol. The van der Waals surface area contributed by atoms with Crippen LogP contribution in [0.1, 0.15) is 31.0 Å². The zero-order valence-corrected chi connectivity index (χ0v) is 13.2. The standard InChI is InChI=1S/C14H14Cl2N2S/c1-7(2)12-8(3)17-13(18-14(12)19)9-4-5-10(15)11(16)6-9/h4-7H,1-3H3,(H,17,18,19). The van der Waals surface area contributed by atoms with Crippen molar-refractivity contribution < 1.29 is 0 Å². The van der Waals surface area contributed by atoms with E-state index in [-0.39, 0.29) is 0 Å². The zero-order valence-electron chi connectivity index (χ0n) is 10.9. The number of aryl methyl sites for hydroxylation is 1. The molecule has 5 heteroatoms. The average Bonchev–Trinajstić information content (AvgIpc) is 2.31. The molecule has 0 radical (unpaired) electrons. The largest absolute Gasteiger partial charge is 0.343 e. The lowest BCUT2D eigenvalue weighted by molar-refractivity contribution is 0.825. The smallest absolute Gasteiger partial charge is 0.139 e. The molecule has 0 atom stereocenters. The van der Waals surface area contributed by atoms with Crippen molar-refractivity contribution in [3.8, 4) is 11.4 Å². The second-order valence-corrected chi connectivity index (χ2v) is 5.91. The predicted octanol–water partition coefficient (Wildman–Crippen LogP) is 5.54. The van der Waals surface area contributed by atoms with Crippen molar-refractivity contribution >= 4 is 35.4 Å². The van der Waals surface area contributed by atoms with Gasteiger partial charge in [-0.3, -0.25) is 0 Å². The number of aromatic amines is 1. The number of hydrogen-bond acceptors (Lipinski definition) is 2. The summed E-state index contributed by atoms with van der Waals surface area (Å²) in [5.74, 6) is 1.06. The van der Waals surface area contributed by atoms with E-state index in [9.17, 15) is 0 Å². The molecule has 0 spiro atoms. The maximum Gasteiger partial charge on any atom is 0.139 e. The molecule has 1 heterocycles. The molecule has 1 N–H and O–H groups in total. The molecule has 2 rings (SSSR count). The van der Waals surface area contributed by atoms with Gasteiger partial charge in [-0.2, -0.15) is 0 Å². The lowest BCUT2D eigenvalue weighted by Crippen LogP contribution is -2.01. The van der Waals surface area contributed by atoms with Crippen LogP contribution < -0.4 is 0 Å². The summed E-state index contributed by atoms with van der Waals surface area (Å²) in [5.41, 5.74) is 2.99. The highest BCUT2D eigenvalue weighted by molar-refractivity contribution is 7.71. The lowest BCUT2D eigenvalue weighted by Gasteiger charge is -2.12. The first-order chi connectivity index (χ1) is 8.90. The minimum absolute atomic E-state index is 0.346. The van der Waals surface area contributed by atoms with Gasteiger partial charge in [0.1, 0.15) is 10.5 Å². The van der Waals surface area contributed by atoms with Gasteiger partial charge >= 0.3 is 0 Å². The molecule has 1 aromatic heterocycles. The molecule has 0 saturated carbocycles. The third-order valence-corrected chi connectivity index (χ3v) is 3.97. The van der Waals surface area contributed by atoms with E-state index in [1.165, 1.54) is 0 Å². The summed E-state index contributed by atoms with van der Waals surface area (Å²) in [6, 6.07) is 5.41. The van der Waals surface area contributed by atoms with Gasteiger partial charge in [-0.15, -0.1) is 0 Å². The number of H-pyrrole nitrogens is 1. The highest BCUT2D eigenvalue weighted by Crippen LogP contribution is 2.28. The van der Waals surface area contributed by atoms with Crippen LogP contribution in [-0.2, 0) is 0 Å². The van der Waals surface area contributed by atoms with E-state index in [2.05, 4.69) is 23.8 Å². The normalized spacial score (nSPS) is 11.1. The van der Waals surface area contributed by atoms with Crippen LogP contribution in [0.15, 0.2) is 18.2 Å². The van der Waals surface area contributed by atoms with Gasteiger partial charge in [-0.1, -0.05) is 49.3 Å². The molecule has 19 heavy (non-hydrogen) atoms. The van der Waals surface area contributed by atoms with Crippen molar-refractivity contribution in [3.05, 3.63) is 44.1 Å². The summed E-state index contributed by atoms with van der Waals surface area (Å²) in [6.07, 6.45) is 0. The van der Waals surface area contributed by atoms with Crippen LogP contribution in [0, 0.1) is 11.6 Å². The summed E-state index contributed by atoms with van der Waals surface area (Å²) in [6.45, 7) is 6.22. The fourth-order valence-electron chi connectivity index (χ4n) is 2.06. The second kappa shape index (κ2) is 5.61. The minimum atomic E-state index is 0.346. The number of halogens is 2. The Bertz CT molecular complexity index is 678. The summed E-state index contributed by atoms with van der Waals surface area (Å²) in [5, 5.41) is 1.03. The maximum absolute atomic E-state index is 6.03. The molecule has 0 unspecified atom stereocenters. The molecule has 2 nitrogen and oxygen atoms in total. The number of nitrogens with one attached hydrogen (secondary N) is 1. The average molecular weight is 313 g/mol. The molecule has 2 aromatic rings. The summed E-state index contributed by atoms with van der Waals surface area (Å²) in [4.78, 5) is 7.74. The van der Waals surface area contributed by atoms with Crippen molar-refractivity contribution in [1.82, 2.24) is 9.97 Å². The fraction of sp³-hybridized carbons (Fsp3) is 0.286. The van der Waals surface area contributed by atoms with Gasteiger partial charge in [0.25, 0.3) is 0 Å². The summed E-state index contributed by atoms with van der Waals surface area (Å²) < 4.78 is 0.632. The predicted molar refractivity (Wildman–Crippen MR) is 83.7 cm³/mol. The van der Waals surface area contributed by atoms with Crippen molar-refractivity contribution in [1.29, 1.82) is 0 Å². The molecule has 0 aliphatic rings. The van der Waals surface area contributed by atoms with Crippen LogP contribution in [0.2, 0.25) is 10.0 Å². The molecule has 0 saturated heterocycles. The van der Waals surface area contributed by atoms with E-state index >= 15 is 0 Å². The Hall–Kier alpha value is -0.900. The Morgan fingerprint density at radius 2 is 1.89 bits per heavy atom. The van der Waals surface area contributed by atoms with E-state index in [1.807, 2.05) is 13.0 Å². The van der Waals surface area contributed by atoms with Crippen molar-refractivity contribution in [2.75, 3.05) is 0 Å². The number of rotatable bonds is 2. The minimum Gasteiger partial charge on any atom is -0.343 e. The first-order valence-electron chi connectivity index (χ1n) is 5.96. The van der Waals surface area contributed by atoms with Crippen LogP contribution in [-0.4, -0.2) is 9.97 Å². The number of hydrogen-bond donors (Lipinski definition) is 1. The van der Waals surface area contributed by atoms with Gasteiger partial charge in [-0.05, 0) is 31.0 Å². The Morgan fingerprint density at radius 3 is 2.42 bits per heavy atom. The van der Waals surface area contributed by atoms with E-state index in [4.69, 9.17) is 35.4 Å². The monoisotopic (exact) mass is 312 g/mol. The quantitative estimate of drug-likeness (QED) is 0.737. The number of nitrogens with zero attached hydrogens (tertiary/aromatic N) is 1. The summed E-state index contributed by atoms with van der Waals surface area (Å²) in [7, 11) is 0. The fourth-order valence-corrected chi connectivity index (χ4v) is 2.83. The third kappa shape index (κ3) is 2.99. The van der Waals surface area contributed by atoms with Crippen molar-refractivity contribution in [3.63, 3.8) is 0 Å². The Labute approximate surface area is 127 Å². The van der Waals surface area contributed by atoms with Crippen LogP contribution in [0.4, 0.5) is 0 Å². The lowest BCUT2D eigenvalue weighted by atomic mass is 10.0. The Balaban J connectivity index is 2.58. The first-order valence-corrected chi connectivity index (χ1v) is 7.12. The van der Waals surface area contributed by atoms with Gasteiger partial charge in [0, 0.05) is 16.8 Å². The topological polar surface area (TPSA) is 28.7 Å². The molecule has 0 aliphatic carbocycles. The second-order valence-electron chi connectivity index (χ2n) is 4.71. The maximum atomic E-state index is 6.03. The van der Waals surface area contributed by atoms with E-state index in [0.717, 1.165) is 16.8 Å². The first kappa shape index (κ1) is 14.5. The SMILES string of the molecule is Cc1[nH]c(-c2ccc(Cl)c(Cl)c2)nc(=S)c1C(C)C. The molecule has 100 valence electrons. The van der Waals surface area contributed by atoms with Gasteiger partial charge in [0.2, 0.25) is 0 Å². The van der Waals surface area contributed by atoms with E-state index in [0.29, 0.717) is 26.4 Å². The van der Waals surface area contributed by atoms with Gasteiger partial charge in [0.15, 0.2) is 0 Å². The Kier molecular flexibility index (Phi) is 4.29. The summed E-state index contributed by atoms with van der Waals surface area (Å²) >= 11 is 17.3. The molecule has 1 aromatic carbocycles. The molecular formula is C14H14Cl2N2S. The molecule has 0 bridgehead atoms. The van der Waals surface area contributed by atoms with Crippen molar-refractivity contribution in [2.24, 2.45) is 0 Å². The van der Waals surface area contributed by atoms with E-state index < -0.39 is 0 Å². The number of aromatic nitrogens is 2. The Morgan fingerprint density at radius 1 is 1.21 bits per heavy atom. The third-order valence-electron chi connectivity index (χ3n) is 2.92. The zero-order chi connectivity index (χ0) is 14.2. The molecule has 0 aliphatic heterocycles. The van der Waals surface area contributed by atoms with Crippen LogP contribution in [0.5, 0.6) is 0 Å². The van der Waals surface area contributed by atoms with Crippen molar-refractivity contribution in [2.45, 2.75) is 26.7 Å². The highest BCUT2D eigenvalue weighted by atomic mass is 35.5. The van der Waals surface area contributed by atoms with Crippen LogP contribution >= 0.6 is 35.4 Å². The molecule has 0 fully saturated rings. The van der Waals surface area contributed by atoms with Crippen LogP contribution in [0.3, 0.4) is 0 Å². The van der Waals surface area contributed by atoms with E-state index in [1.54, 1.807) is 12.1 Å². The van der Waals surface area contributed by atoms with Crippen LogP contribution in [0.25, 0.3) is 11.4 Å². The van der Waals surface area contributed by atoms with Gasteiger partial charge < -0.3 is 4.98 Å². The van der Waals surface area contributed by atoms with Gasteiger partial charge in [-0.25, -0.2) is 4.98 Å². The number of benzene rings is 1. The highest BCUT2D eigenvalue weighted by Gasteiger charge is 2.11. The molecule has 0 amide bonds.